The van der Waals surface area contributed by atoms with Gasteiger partial charge >= 0.3 is 12.1 Å². The van der Waals surface area contributed by atoms with Gasteiger partial charge in [-0.3, -0.25) is 10.1 Å². The van der Waals surface area contributed by atoms with Gasteiger partial charge in [-0.1, -0.05) is 24.0 Å². The molecular formula is C18H16N2O4S. The lowest BCUT2D eigenvalue weighted by Crippen LogP contribution is -2.11. The van der Waals surface area contributed by atoms with Crippen LogP contribution in [0.1, 0.15) is 24.1 Å². The van der Waals surface area contributed by atoms with Gasteiger partial charge in [-0.25, -0.2) is 4.79 Å². The number of rotatable bonds is 3. The van der Waals surface area contributed by atoms with E-state index in [4.69, 9.17) is 5.11 Å². The van der Waals surface area contributed by atoms with E-state index in [-0.39, 0.29) is 0 Å². The van der Waals surface area contributed by atoms with Gasteiger partial charge in [0.15, 0.2) is 0 Å². The summed E-state index contributed by atoms with van der Waals surface area (Å²) in [5.74, 6) is 4.95. The molecule has 1 aliphatic carbocycles. The van der Waals surface area contributed by atoms with E-state index in [0.717, 1.165) is 16.0 Å². The smallest absolute Gasteiger partial charge is 0.411 e. The summed E-state index contributed by atoms with van der Waals surface area (Å²) in [5.41, 5.74) is 2.12. The van der Waals surface area contributed by atoms with Gasteiger partial charge in [-0.05, 0) is 49.0 Å². The summed E-state index contributed by atoms with van der Waals surface area (Å²) in [7, 11) is 1.31. The SMILES string of the molecule is COC(=O)Nc1c(C)nsc1-c1ccc(C#CC2(C(=O)O)CC2)cc1. The molecular weight excluding hydrogens is 340 g/mol. The molecule has 1 saturated carbocycles. The second kappa shape index (κ2) is 6.57. The van der Waals surface area contributed by atoms with Crippen molar-refractivity contribution in [3.63, 3.8) is 0 Å². The first-order valence-corrected chi connectivity index (χ1v) is 8.41. The number of carbonyl (C=O) groups is 2. The summed E-state index contributed by atoms with van der Waals surface area (Å²) in [6.07, 6.45) is 0.669. The molecule has 0 saturated heterocycles. The first-order chi connectivity index (χ1) is 11.9. The quantitative estimate of drug-likeness (QED) is 0.822. The Hall–Kier alpha value is -2.85. The van der Waals surface area contributed by atoms with E-state index in [9.17, 15) is 9.59 Å². The zero-order chi connectivity index (χ0) is 18.0. The van der Waals surface area contributed by atoms with Crippen LogP contribution in [0.2, 0.25) is 0 Å². The van der Waals surface area contributed by atoms with Crippen LogP contribution in [0.5, 0.6) is 0 Å². The van der Waals surface area contributed by atoms with Crippen LogP contribution in [-0.2, 0) is 9.53 Å². The number of anilines is 1. The maximum Gasteiger partial charge on any atom is 0.411 e. The Morgan fingerprint density at radius 1 is 1.32 bits per heavy atom. The van der Waals surface area contributed by atoms with Crippen molar-refractivity contribution in [3.05, 3.63) is 35.5 Å². The molecule has 1 heterocycles. The zero-order valence-electron chi connectivity index (χ0n) is 13.8. The zero-order valence-corrected chi connectivity index (χ0v) is 14.6. The van der Waals surface area contributed by atoms with Gasteiger partial charge in [0.05, 0.1) is 23.4 Å². The van der Waals surface area contributed by atoms with Crippen molar-refractivity contribution < 1.29 is 19.4 Å². The van der Waals surface area contributed by atoms with Crippen LogP contribution in [0.4, 0.5) is 10.5 Å². The fourth-order valence-electron chi connectivity index (χ4n) is 2.28. The summed E-state index contributed by atoms with van der Waals surface area (Å²) in [4.78, 5) is 23.5. The Kier molecular flexibility index (Phi) is 4.47. The molecule has 0 atom stereocenters. The molecule has 0 spiro atoms. The highest BCUT2D eigenvalue weighted by Crippen LogP contribution is 2.45. The van der Waals surface area contributed by atoms with Crippen molar-refractivity contribution in [2.45, 2.75) is 19.8 Å². The second-order valence-corrected chi connectivity index (χ2v) is 6.58. The van der Waals surface area contributed by atoms with Gasteiger partial charge in [0.2, 0.25) is 0 Å². The molecule has 25 heavy (non-hydrogen) atoms. The number of nitrogens with zero attached hydrogens (tertiary/aromatic N) is 1. The van der Waals surface area contributed by atoms with Gasteiger partial charge in [0.1, 0.15) is 5.41 Å². The number of aryl methyl sites for hydroxylation is 1. The average Bonchev–Trinajstić information content (AvgIpc) is 3.33. The normalized spacial score (nSPS) is 14.2. The number of nitrogens with one attached hydrogen (secondary N) is 1. The summed E-state index contributed by atoms with van der Waals surface area (Å²) in [6, 6.07) is 7.41. The van der Waals surface area contributed by atoms with Crippen LogP contribution in [-0.4, -0.2) is 28.7 Å². The third-order valence-corrected chi connectivity index (χ3v) is 5.02. The van der Waals surface area contributed by atoms with E-state index < -0.39 is 17.5 Å². The number of carbonyl (C=O) groups excluding carboxylic acids is 1. The van der Waals surface area contributed by atoms with Crippen LogP contribution in [0.15, 0.2) is 24.3 Å². The highest BCUT2D eigenvalue weighted by atomic mass is 32.1. The number of hydrogen-bond donors (Lipinski definition) is 2. The van der Waals surface area contributed by atoms with Crippen LogP contribution < -0.4 is 5.32 Å². The van der Waals surface area contributed by atoms with Crippen molar-refractivity contribution >= 4 is 29.3 Å². The minimum Gasteiger partial charge on any atom is -0.480 e. The predicted octanol–water partition coefficient (Wildman–Crippen LogP) is 3.51. The largest absolute Gasteiger partial charge is 0.480 e. The van der Waals surface area contributed by atoms with E-state index in [1.165, 1.54) is 18.6 Å². The fourth-order valence-corrected chi connectivity index (χ4v) is 3.13. The molecule has 1 aromatic heterocycles. The maximum atomic E-state index is 11.5. The van der Waals surface area contributed by atoms with Gasteiger partial charge in [-0.15, -0.1) is 0 Å². The van der Waals surface area contributed by atoms with E-state index >= 15 is 0 Å². The maximum absolute atomic E-state index is 11.5. The van der Waals surface area contributed by atoms with Crippen molar-refractivity contribution in [2.24, 2.45) is 5.41 Å². The van der Waals surface area contributed by atoms with E-state index in [0.29, 0.717) is 24.2 Å². The molecule has 1 fully saturated rings. The highest BCUT2D eigenvalue weighted by Gasteiger charge is 2.49. The number of aromatic nitrogens is 1. The molecule has 0 radical (unpaired) electrons. The standard InChI is InChI=1S/C18H16N2O4S/c1-11-14(19-17(23)24-2)15(25-20-11)13-5-3-12(4-6-13)7-8-18(9-10-18)16(21)22/h3-6H,9-10H2,1-2H3,(H,19,23)(H,21,22). The fraction of sp³-hybridized carbons (Fsp3) is 0.278. The molecule has 2 aromatic rings. The molecule has 1 amide bonds. The molecule has 2 N–H and O–H groups in total. The summed E-state index contributed by atoms with van der Waals surface area (Å²) < 4.78 is 8.92. The summed E-state index contributed by atoms with van der Waals surface area (Å²) in [5, 5.41) is 11.8. The predicted molar refractivity (Wildman–Crippen MR) is 94.5 cm³/mol. The minimum atomic E-state index is -0.856. The van der Waals surface area contributed by atoms with Crippen LogP contribution in [0, 0.1) is 24.2 Å². The summed E-state index contributed by atoms with van der Waals surface area (Å²) in [6.45, 7) is 1.81. The Morgan fingerprint density at radius 3 is 2.56 bits per heavy atom. The first kappa shape index (κ1) is 17.0. The van der Waals surface area contributed by atoms with E-state index in [1.54, 1.807) is 0 Å². The molecule has 0 unspecified atom stereocenters. The number of amides is 1. The van der Waals surface area contributed by atoms with Gasteiger partial charge in [-0.2, -0.15) is 4.37 Å². The molecule has 6 nitrogen and oxygen atoms in total. The average molecular weight is 356 g/mol. The summed E-state index contributed by atoms with van der Waals surface area (Å²) >= 11 is 1.29. The number of carboxylic acids is 1. The lowest BCUT2D eigenvalue weighted by Gasteiger charge is -2.06. The number of carboxylic acid groups (broad SMARTS) is 1. The van der Waals surface area contributed by atoms with Crippen molar-refractivity contribution in [1.29, 1.82) is 0 Å². The third kappa shape index (κ3) is 3.49. The molecule has 128 valence electrons. The molecule has 0 bridgehead atoms. The Bertz CT molecular complexity index is 886. The van der Waals surface area contributed by atoms with Gasteiger partial charge < -0.3 is 9.84 Å². The lowest BCUT2D eigenvalue weighted by atomic mass is 10.1. The molecule has 7 heteroatoms. The highest BCUT2D eigenvalue weighted by molar-refractivity contribution is 7.10. The van der Waals surface area contributed by atoms with E-state index in [2.05, 4.69) is 26.3 Å². The number of ether oxygens (including phenoxy) is 1. The molecule has 1 aliphatic rings. The molecule has 3 rings (SSSR count). The third-order valence-electron chi connectivity index (χ3n) is 4.03. The number of methoxy groups -OCH3 is 1. The van der Waals surface area contributed by atoms with E-state index in [1.807, 2.05) is 31.2 Å². The Balaban J connectivity index is 1.83. The number of hydrogen-bond acceptors (Lipinski definition) is 5. The van der Waals surface area contributed by atoms with Crippen LogP contribution in [0.25, 0.3) is 10.4 Å². The monoisotopic (exact) mass is 356 g/mol. The van der Waals surface area contributed by atoms with Crippen LogP contribution in [0.3, 0.4) is 0 Å². The van der Waals surface area contributed by atoms with Crippen molar-refractivity contribution in [1.82, 2.24) is 4.37 Å². The Labute approximate surface area is 149 Å². The number of aliphatic carboxylic acids is 1. The lowest BCUT2D eigenvalue weighted by molar-refractivity contribution is -0.141. The first-order valence-electron chi connectivity index (χ1n) is 7.63. The molecule has 1 aromatic carbocycles. The van der Waals surface area contributed by atoms with Crippen LogP contribution >= 0.6 is 11.5 Å². The minimum absolute atomic E-state index is 0.546. The Morgan fingerprint density at radius 2 is 2.00 bits per heavy atom. The van der Waals surface area contributed by atoms with Crippen molar-refractivity contribution in [3.8, 4) is 22.3 Å². The molecule has 0 aliphatic heterocycles. The van der Waals surface area contributed by atoms with Crippen molar-refractivity contribution in [2.75, 3.05) is 12.4 Å². The number of benzene rings is 1. The van der Waals surface area contributed by atoms with Gasteiger partial charge in [0, 0.05) is 5.56 Å². The topological polar surface area (TPSA) is 88.5 Å². The second-order valence-electron chi connectivity index (χ2n) is 5.80. The van der Waals surface area contributed by atoms with Gasteiger partial charge in [0.25, 0.3) is 0 Å².